The zero-order valence-corrected chi connectivity index (χ0v) is 14.4. The van der Waals surface area contributed by atoms with Gasteiger partial charge in [-0.3, -0.25) is 0 Å². The fraction of sp³-hybridized carbons (Fsp3) is 0.294. The molecular formula is C17H19ClN6O. The van der Waals surface area contributed by atoms with Gasteiger partial charge in [0, 0.05) is 31.4 Å². The van der Waals surface area contributed by atoms with Gasteiger partial charge in [-0.25, -0.2) is 9.97 Å². The van der Waals surface area contributed by atoms with Crippen LogP contribution in [0.5, 0.6) is 0 Å². The van der Waals surface area contributed by atoms with Crippen LogP contribution >= 0.6 is 12.4 Å². The van der Waals surface area contributed by atoms with Crippen molar-refractivity contribution in [1.29, 1.82) is 0 Å². The van der Waals surface area contributed by atoms with Crippen LogP contribution in [0.1, 0.15) is 18.4 Å². The minimum atomic E-state index is 0. The van der Waals surface area contributed by atoms with Crippen molar-refractivity contribution in [2.24, 2.45) is 5.73 Å². The predicted octanol–water partition coefficient (Wildman–Crippen LogP) is 2.67. The number of benzene rings is 1. The summed E-state index contributed by atoms with van der Waals surface area (Å²) in [5, 5.41) is 4.05. The molecule has 0 spiro atoms. The van der Waals surface area contributed by atoms with Crippen LogP contribution in [0.4, 0.5) is 5.95 Å². The maximum atomic E-state index is 5.62. The first-order valence-corrected chi connectivity index (χ1v) is 8.05. The number of rotatable bonds is 4. The lowest BCUT2D eigenvalue weighted by molar-refractivity contribution is 0.431. The highest BCUT2D eigenvalue weighted by Gasteiger charge is 2.17. The van der Waals surface area contributed by atoms with Gasteiger partial charge in [-0.1, -0.05) is 29.4 Å². The number of hydrogen-bond donors (Lipinski definition) is 1. The molecular weight excluding hydrogens is 340 g/mol. The number of anilines is 1. The van der Waals surface area contributed by atoms with Gasteiger partial charge >= 0.3 is 0 Å². The number of halogens is 1. The molecule has 1 aromatic carbocycles. The molecule has 0 bridgehead atoms. The van der Waals surface area contributed by atoms with Crippen LogP contribution in [0.3, 0.4) is 0 Å². The monoisotopic (exact) mass is 358 g/mol. The average Bonchev–Trinajstić information content (AvgIpc) is 3.34. The predicted molar refractivity (Wildman–Crippen MR) is 97.3 cm³/mol. The van der Waals surface area contributed by atoms with Crippen LogP contribution in [0.15, 0.2) is 41.1 Å². The molecule has 1 aliphatic rings. The summed E-state index contributed by atoms with van der Waals surface area (Å²) in [5.74, 6) is 1.66. The third-order valence-electron chi connectivity index (χ3n) is 4.12. The van der Waals surface area contributed by atoms with Crippen molar-refractivity contribution in [2.45, 2.75) is 19.4 Å². The number of nitrogens with two attached hydrogens (primary N) is 1. The van der Waals surface area contributed by atoms with Crippen LogP contribution in [-0.2, 0) is 6.54 Å². The van der Waals surface area contributed by atoms with Crippen LogP contribution in [0, 0.1) is 0 Å². The molecule has 1 aliphatic heterocycles. The van der Waals surface area contributed by atoms with Crippen molar-refractivity contribution in [3.8, 4) is 23.0 Å². The van der Waals surface area contributed by atoms with E-state index in [1.165, 1.54) is 12.8 Å². The standard InChI is InChI=1S/C17H18N6O.ClH/c18-11-12-3-5-13(6-4-12)15-21-16(24-22-15)14-7-8-19-17(20-14)23-9-1-2-10-23;/h3-8H,1-2,9-11,18H2;1H. The molecule has 3 aromatic rings. The molecule has 1 fully saturated rings. The highest BCUT2D eigenvalue weighted by Crippen LogP contribution is 2.23. The van der Waals surface area contributed by atoms with E-state index in [-0.39, 0.29) is 12.4 Å². The summed E-state index contributed by atoms with van der Waals surface area (Å²) >= 11 is 0. The second-order valence-electron chi connectivity index (χ2n) is 5.76. The summed E-state index contributed by atoms with van der Waals surface area (Å²) in [6.07, 6.45) is 4.09. The van der Waals surface area contributed by atoms with Gasteiger partial charge in [0.2, 0.25) is 11.8 Å². The van der Waals surface area contributed by atoms with Crippen molar-refractivity contribution in [2.75, 3.05) is 18.0 Å². The molecule has 7 nitrogen and oxygen atoms in total. The van der Waals surface area contributed by atoms with E-state index in [0.29, 0.717) is 24.0 Å². The number of hydrogen-bond acceptors (Lipinski definition) is 7. The van der Waals surface area contributed by atoms with E-state index in [9.17, 15) is 0 Å². The van der Waals surface area contributed by atoms with Gasteiger partial charge < -0.3 is 15.2 Å². The Hall–Kier alpha value is -2.51. The molecule has 4 rings (SSSR count). The minimum Gasteiger partial charge on any atom is -0.341 e. The third kappa shape index (κ3) is 3.62. The Balaban J connectivity index is 0.00000182. The third-order valence-corrected chi connectivity index (χ3v) is 4.12. The topological polar surface area (TPSA) is 94.0 Å². The van der Waals surface area contributed by atoms with E-state index in [1.807, 2.05) is 24.3 Å². The SMILES string of the molecule is Cl.NCc1ccc(-c2noc(-c3ccnc(N4CCCC4)n3)n2)cc1. The number of aromatic nitrogens is 4. The molecule has 3 heterocycles. The van der Waals surface area contributed by atoms with E-state index in [2.05, 4.69) is 25.0 Å². The largest absolute Gasteiger partial charge is 0.341 e. The summed E-state index contributed by atoms with van der Waals surface area (Å²) in [5.41, 5.74) is 8.21. The molecule has 130 valence electrons. The van der Waals surface area contributed by atoms with Crippen LogP contribution in [0.2, 0.25) is 0 Å². The van der Waals surface area contributed by atoms with Gasteiger partial charge in [0.15, 0.2) is 0 Å². The maximum absolute atomic E-state index is 5.62. The zero-order valence-electron chi connectivity index (χ0n) is 13.6. The van der Waals surface area contributed by atoms with Crippen LogP contribution < -0.4 is 10.6 Å². The fourth-order valence-electron chi connectivity index (χ4n) is 2.77. The van der Waals surface area contributed by atoms with Crippen molar-refractivity contribution >= 4 is 18.4 Å². The molecule has 0 saturated carbocycles. The smallest absolute Gasteiger partial charge is 0.277 e. The Kier molecular flexibility index (Phi) is 5.25. The minimum absolute atomic E-state index is 0. The van der Waals surface area contributed by atoms with E-state index in [1.54, 1.807) is 12.3 Å². The second-order valence-corrected chi connectivity index (χ2v) is 5.76. The summed E-state index contributed by atoms with van der Waals surface area (Å²) in [6, 6.07) is 9.58. The number of nitrogens with zero attached hydrogens (tertiary/aromatic N) is 5. The van der Waals surface area contributed by atoms with Gasteiger partial charge in [-0.05, 0) is 24.5 Å². The molecule has 25 heavy (non-hydrogen) atoms. The highest BCUT2D eigenvalue weighted by molar-refractivity contribution is 5.85. The first-order valence-electron chi connectivity index (χ1n) is 8.05. The first-order chi connectivity index (χ1) is 11.8. The highest BCUT2D eigenvalue weighted by atomic mass is 35.5. The lowest BCUT2D eigenvalue weighted by Gasteiger charge is -2.14. The maximum Gasteiger partial charge on any atom is 0.277 e. The summed E-state index contributed by atoms with van der Waals surface area (Å²) in [4.78, 5) is 15.5. The molecule has 0 radical (unpaired) electrons. The van der Waals surface area contributed by atoms with E-state index >= 15 is 0 Å². The van der Waals surface area contributed by atoms with Crippen molar-refractivity contribution in [3.05, 3.63) is 42.1 Å². The summed E-state index contributed by atoms with van der Waals surface area (Å²) in [6.45, 7) is 2.50. The lowest BCUT2D eigenvalue weighted by atomic mass is 10.1. The molecule has 0 aliphatic carbocycles. The average molecular weight is 359 g/mol. The summed E-state index contributed by atoms with van der Waals surface area (Å²) < 4.78 is 5.38. The Morgan fingerprint density at radius 3 is 2.52 bits per heavy atom. The molecule has 1 saturated heterocycles. The van der Waals surface area contributed by atoms with Crippen molar-refractivity contribution in [3.63, 3.8) is 0 Å². The molecule has 2 N–H and O–H groups in total. The van der Waals surface area contributed by atoms with E-state index in [0.717, 1.165) is 30.2 Å². The Bertz CT molecular complexity index is 829. The van der Waals surface area contributed by atoms with Crippen molar-refractivity contribution < 1.29 is 4.52 Å². The molecule has 0 unspecified atom stereocenters. The fourth-order valence-corrected chi connectivity index (χ4v) is 2.77. The molecule has 0 amide bonds. The molecule has 8 heteroatoms. The Morgan fingerprint density at radius 2 is 1.80 bits per heavy atom. The van der Waals surface area contributed by atoms with Crippen LogP contribution in [-0.4, -0.2) is 33.2 Å². The van der Waals surface area contributed by atoms with E-state index < -0.39 is 0 Å². The Labute approximate surface area is 151 Å². The van der Waals surface area contributed by atoms with Gasteiger partial charge in [-0.2, -0.15) is 4.98 Å². The lowest BCUT2D eigenvalue weighted by Crippen LogP contribution is -2.20. The van der Waals surface area contributed by atoms with Gasteiger partial charge in [0.25, 0.3) is 5.89 Å². The molecule has 0 atom stereocenters. The summed E-state index contributed by atoms with van der Waals surface area (Å²) in [7, 11) is 0. The van der Waals surface area contributed by atoms with Crippen LogP contribution in [0.25, 0.3) is 23.0 Å². The zero-order chi connectivity index (χ0) is 16.4. The van der Waals surface area contributed by atoms with Crippen molar-refractivity contribution in [1.82, 2.24) is 20.1 Å². The van der Waals surface area contributed by atoms with Gasteiger partial charge in [0.1, 0.15) is 5.69 Å². The quantitative estimate of drug-likeness (QED) is 0.766. The van der Waals surface area contributed by atoms with Gasteiger partial charge in [0.05, 0.1) is 0 Å². The van der Waals surface area contributed by atoms with E-state index in [4.69, 9.17) is 10.3 Å². The normalized spacial score (nSPS) is 13.7. The Morgan fingerprint density at radius 1 is 1.04 bits per heavy atom. The first kappa shape index (κ1) is 17.3. The van der Waals surface area contributed by atoms with Gasteiger partial charge in [-0.15, -0.1) is 12.4 Å². The second kappa shape index (κ2) is 7.58. The molecule has 2 aromatic heterocycles.